The molecule has 0 radical (unpaired) electrons. The number of hydrogen-bond acceptors (Lipinski definition) is 2. The second kappa shape index (κ2) is 5.08. The first-order valence-corrected chi connectivity index (χ1v) is 6.79. The van der Waals surface area contributed by atoms with Gasteiger partial charge in [0.1, 0.15) is 12.1 Å². The monoisotopic (exact) mass is 269 g/mol. The first-order chi connectivity index (χ1) is 9.69. The number of para-hydroxylation sites is 1. The normalized spacial score (nSPS) is 17.7. The lowest BCUT2D eigenvalue weighted by Gasteiger charge is -2.35. The summed E-state index contributed by atoms with van der Waals surface area (Å²) in [6.45, 7) is 2.95. The first-order valence-electron chi connectivity index (χ1n) is 6.79. The summed E-state index contributed by atoms with van der Waals surface area (Å²) in [5.41, 5.74) is 3.20. The summed E-state index contributed by atoms with van der Waals surface area (Å²) < 4.78 is 14.2. The van der Waals surface area contributed by atoms with Crippen LogP contribution in [0.1, 0.15) is 22.8 Å². The van der Waals surface area contributed by atoms with E-state index in [1.54, 1.807) is 12.1 Å². The molecular weight excluding hydrogens is 253 g/mol. The fourth-order valence-electron chi connectivity index (χ4n) is 2.84. The predicted octanol–water partition coefficient (Wildman–Crippen LogP) is 3.97. The number of anilines is 2. The maximum Gasteiger partial charge on any atom is 0.150 e. The molecule has 0 saturated heterocycles. The average Bonchev–Trinajstić information content (AvgIpc) is 2.46. The number of nitrogens with zero attached hydrogens (tertiary/aromatic N) is 1. The number of benzene rings is 2. The molecule has 1 aliphatic rings. The Morgan fingerprint density at radius 3 is 2.75 bits per heavy atom. The van der Waals surface area contributed by atoms with E-state index in [9.17, 15) is 9.18 Å². The summed E-state index contributed by atoms with van der Waals surface area (Å²) >= 11 is 0. The van der Waals surface area contributed by atoms with Gasteiger partial charge in [-0.1, -0.05) is 25.1 Å². The fourth-order valence-corrected chi connectivity index (χ4v) is 2.84. The van der Waals surface area contributed by atoms with Gasteiger partial charge >= 0.3 is 0 Å². The van der Waals surface area contributed by atoms with Crippen molar-refractivity contribution in [3.63, 3.8) is 0 Å². The maximum atomic E-state index is 14.2. The summed E-state index contributed by atoms with van der Waals surface area (Å²) in [6, 6.07) is 12.7. The number of fused-ring (bicyclic) bond motifs is 1. The van der Waals surface area contributed by atoms with Gasteiger partial charge in [0, 0.05) is 17.8 Å². The van der Waals surface area contributed by atoms with Crippen molar-refractivity contribution in [1.29, 1.82) is 0 Å². The van der Waals surface area contributed by atoms with E-state index in [0.717, 1.165) is 18.7 Å². The highest BCUT2D eigenvalue weighted by atomic mass is 19.1. The number of rotatable bonds is 2. The van der Waals surface area contributed by atoms with Crippen LogP contribution in [0.15, 0.2) is 42.5 Å². The molecule has 0 amide bonds. The Balaban J connectivity index is 2.08. The zero-order chi connectivity index (χ0) is 14.1. The van der Waals surface area contributed by atoms with Gasteiger partial charge in [-0.25, -0.2) is 4.39 Å². The van der Waals surface area contributed by atoms with E-state index in [2.05, 4.69) is 13.0 Å². The Kier molecular flexibility index (Phi) is 3.26. The molecule has 1 unspecified atom stereocenters. The van der Waals surface area contributed by atoms with Gasteiger partial charge < -0.3 is 4.90 Å². The number of carbonyl (C=O) groups excluding carboxylic acids is 1. The van der Waals surface area contributed by atoms with Gasteiger partial charge in [-0.05, 0) is 42.2 Å². The quantitative estimate of drug-likeness (QED) is 0.769. The van der Waals surface area contributed by atoms with Gasteiger partial charge in [0.2, 0.25) is 0 Å². The van der Waals surface area contributed by atoms with Crippen molar-refractivity contribution >= 4 is 17.7 Å². The zero-order valence-corrected chi connectivity index (χ0v) is 11.3. The molecule has 0 saturated carbocycles. The molecule has 1 atom stereocenters. The van der Waals surface area contributed by atoms with Crippen LogP contribution in [0.25, 0.3) is 0 Å². The standard InChI is InChI=1S/C17H16FNO/c1-12-8-14-4-2-3-5-16(14)19(10-12)17-7-6-13(11-20)9-15(17)18/h2-7,9,11-12H,8,10H2,1H3. The van der Waals surface area contributed by atoms with Gasteiger partial charge in [0.15, 0.2) is 0 Å². The molecule has 3 rings (SSSR count). The van der Waals surface area contributed by atoms with E-state index < -0.39 is 0 Å². The topological polar surface area (TPSA) is 20.3 Å². The minimum absolute atomic E-state index is 0.349. The minimum Gasteiger partial charge on any atom is -0.339 e. The van der Waals surface area contributed by atoms with Gasteiger partial charge in [-0.15, -0.1) is 0 Å². The third-order valence-corrected chi connectivity index (χ3v) is 3.74. The molecule has 0 bridgehead atoms. The van der Waals surface area contributed by atoms with Crippen LogP contribution in [0.4, 0.5) is 15.8 Å². The molecule has 2 nitrogen and oxygen atoms in total. The molecule has 3 heteroatoms. The number of halogens is 1. The molecule has 2 aromatic carbocycles. The van der Waals surface area contributed by atoms with Crippen molar-refractivity contribution in [3.8, 4) is 0 Å². The third-order valence-electron chi connectivity index (χ3n) is 3.74. The van der Waals surface area contributed by atoms with Crippen LogP contribution in [-0.2, 0) is 6.42 Å². The molecule has 0 fully saturated rings. The summed E-state index contributed by atoms with van der Waals surface area (Å²) in [6.07, 6.45) is 1.68. The lowest BCUT2D eigenvalue weighted by Crippen LogP contribution is -2.31. The lowest BCUT2D eigenvalue weighted by atomic mass is 9.93. The van der Waals surface area contributed by atoms with E-state index >= 15 is 0 Å². The highest BCUT2D eigenvalue weighted by molar-refractivity contribution is 5.77. The van der Waals surface area contributed by atoms with Crippen molar-refractivity contribution in [1.82, 2.24) is 0 Å². The molecule has 0 aliphatic carbocycles. The smallest absolute Gasteiger partial charge is 0.150 e. The molecule has 0 N–H and O–H groups in total. The van der Waals surface area contributed by atoms with Crippen LogP contribution in [-0.4, -0.2) is 12.8 Å². The van der Waals surface area contributed by atoms with E-state index in [0.29, 0.717) is 23.5 Å². The van der Waals surface area contributed by atoms with E-state index in [-0.39, 0.29) is 5.82 Å². The molecule has 20 heavy (non-hydrogen) atoms. The van der Waals surface area contributed by atoms with E-state index in [1.165, 1.54) is 11.6 Å². The largest absolute Gasteiger partial charge is 0.339 e. The molecule has 1 aliphatic heterocycles. The summed E-state index contributed by atoms with van der Waals surface area (Å²) in [7, 11) is 0. The highest BCUT2D eigenvalue weighted by Gasteiger charge is 2.24. The maximum absolute atomic E-state index is 14.2. The molecule has 0 spiro atoms. The number of aldehydes is 1. The Labute approximate surface area is 117 Å². The van der Waals surface area contributed by atoms with E-state index in [1.807, 2.05) is 23.1 Å². The van der Waals surface area contributed by atoms with Crippen molar-refractivity contribution in [2.24, 2.45) is 5.92 Å². The van der Waals surface area contributed by atoms with Crippen molar-refractivity contribution in [2.45, 2.75) is 13.3 Å². The van der Waals surface area contributed by atoms with Gasteiger partial charge in [0.25, 0.3) is 0 Å². The second-order valence-corrected chi connectivity index (χ2v) is 5.38. The molecule has 102 valence electrons. The van der Waals surface area contributed by atoms with Crippen molar-refractivity contribution < 1.29 is 9.18 Å². The van der Waals surface area contributed by atoms with Crippen LogP contribution < -0.4 is 4.90 Å². The number of hydrogen-bond donors (Lipinski definition) is 0. The number of carbonyl (C=O) groups is 1. The third kappa shape index (κ3) is 2.20. The minimum atomic E-state index is -0.349. The van der Waals surface area contributed by atoms with Crippen LogP contribution in [0.2, 0.25) is 0 Å². The Morgan fingerprint density at radius 1 is 1.20 bits per heavy atom. The van der Waals surface area contributed by atoms with Crippen LogP contribution in [0.5, 0.6) is 0 Å². The lowest BCUT2D eigenvalue weighted by molar-refractivity contribution is 0.112. The summed E-state index contributed by atoms with van der Waals surface area (Å²) in [4.78, 5) is 12.7. The van der Waals surface area contributed by atoms with Crippen molar-refractivity contribution in [3.05, 3.63) is 59.4 Å². The van der Waals surface area contributed by atoms with Gasteiger partial charge in [-0.2, -0.15) is 0 Å². The van der Waals surface area contributed by atoms with Crippen LogP contribution in [0, 0.1) is 11.7 Å². The summed E-state index contributed by atoms with van der Waals surface area (Å²) in [5, 5.41) is 0. The fraction of sp³-hybridized carbons (Fsp3) is 0.235. The SMILES string of the molecule is CC1Cc2ccccc2N(c2ccc(C=O)cc2F)C1. The second-order valence-electron chi connectivity index (χ2n) is 5.38. The highest BCUT2D eigenvalue weighted by Crippen LogP contribution is 2.36. The molecular formula is C17H16FNO. The first kappa shape index (κ1) is 12.9. The Bertz CT molecular complexity index is 653. The van der Waals surface area contributed by atoms with Gasteiger partial charge in [-0.3, -0.25) is 4.79 Å². The van der Waals surface area contributed by atoms with Crippen molar-refractivity contribution in [2.75, 3.05) is 11.4 Å². The Hall–Kier alpha value is -2.16. The molecule has 1 heterocycles. The molecule has 0 aromatic heterocycles. The van der Waals surface area contributed by atoms with Gasteiger partial charge in [0.05, 0.1) is 5.69 Å². The summed E-state index contributed by atoms with van der Waals surface area (Å²) in [5.74, 6) is 0.119. The van der Waals surface area contributed by atoms with Crippen LogP contribution in [0.3, 0.4) is 0 Å². The predicted molar refractivity (Wildman–Crippen MR) is 78.1 cm³/mol. The van der Waals surface area contributed by atoms with E-state index in [4.69, 9.17) is 0 Å². The Morgan fingerprint density at radius 2 is 2.00 bits per heavy atom. The van der Waals surface area contributed by atoms with Crippen LogP contribution >= 0.6 is 0 Å². The zero-order valence-electron chi connectivity index (χ0n) is 11.3. The molecule has 2 aromatic rings. The average molecular weight is 269 g/mol.